The number of nitrogens with zero attached hydrogens (tertiary/aromatic N) is 1. The summed E-state index contributed by atoms with van der Waals surface area (Å²) in [5.74, 6) is 2.26. The van der Waals surface area contributed by atoms with Gasteiger partial charge in [-0.15, -0.1) is 0 Å². The van der Waals surface area contributed by atoms with Crippen molar-refractivity contribution in [1.29, 1.82) is 0 Å². The van der Waals surface area contributed by atoms with Crippen LogP contribution in [0.3, 0.4) is 0 Å². The summed E-state index contributed by atoms with van der Waals surface area (Å²) in [6, 6.07) is 2.06. The van der Waals surface area contributed by atoms with Crippen molar-refractivity contribution in [2.75, 3.05) is 5.73 Å². The number of hydrogen-bond donors (Lipinski definition) is 1. The summed E-state index contributed by atoms with van der Waals surface area (Å²) in [5.41, 5.74) is 9.08. The van der Waals surface area contributed by atoms with Gasteiger partial charge in [-0.3, -0.25) is 0 Å². The number of pyridine rings is 1. The molecule has 1 aromatic heterocycles. The molecule has 2 N–H and O–H groups in total. The molecule has 1 aromatic rings. The zero-order chi connectivity index (χ0) is 9.92. The van der Waals surface area contributed by atoms with Crippen LogP contribution in [0.25, 0.3) is 0 Å². The molecule has 2 bridgehead atoms. The summed E-state index contributed by atoms with van der Waals surface area (Å²) < 4.78 is 0. The molecule has 2 nitrogen and oxygen atoms in total. The molecule has 1 saturated carbocycles. The first-order valence-electron chi connectivity index (χ1n) is 5.33. The zero-order valence-electron chi connectivity index (χ0n) is 8.75. The zero-order valence-corrected chi connectivity index (χ0v) is 8.75. The van der Waals surface area contributed by atoms with E-state index in [0.717, 1.165) is 11.8 Å². The topological polar surface area (TPSA) is 38.9 Å². The van der Waals surface area contributed by atoms with Crippen molar-refractivity contribution < 1.29 is 0 Å². The van der Waals surface area contributed by atoms with E-state index in [1.54, 1.807) is 0 Å². The Bertz CT molecular complexity index is 395. The summed E-state index contributed by atoms with van der Waals surface area (Å²) >= 11 is 0. The Morgan fingerprint density at radius 2 is 2.29 bits per heavy atom. The quantitative estimate of drug-likeness (QED) is 0.678. The lowest BCUT2D eigenvalue weighted by molar-refractivity contribution is 0.0183. The SMILES string of the molecule is CC1(C)[C@@H]2Cc3cc(N)ncc3[C@H]1C2. The predicted octanol–water partition coefficient (Wildman–Crippen LogP) is 2.35. The Labute approximate surface area is 84.5 Å². The Morgan fingerprint density at radius 3 is 3.00 bits per heavy atom. The number of aromatic nitrogens is 1. The van der Waals surface area contributed by atoms with Gasteiger partial charge in [-0.1, -0.05) is 13.8 Å². The molecule has 0 aromatic carbocycles. The number of rotatable bonds is 0. The third-order valence-corrected chi connectivity index (χ3v) is 4.36. The highest BCUT2D eigenvalue weighted by molar-refractivity contribution is 5.44. The van der Waals surface area contributed by atoms with Crippen LogP contribution in [0.1, 0.15) is 37.3 Å². The van der Waals surface area contributed by atoms with Gasteiger partial charge in [0, 0.05) is 6.20 Å². The molecule has 1 heterocycles. The molecule has 0 unspecified atom stereocenters. The Morgan fingerprint density at radius 1 is 1.50 bits per heavy atom. The van der Waals surface area contributed by atoms with Crippen LogP contribution >= 0.6 is 0 Å². The van der Waals surface area contributed by atoms with Gasteiger partial charge in [-0.2, -0.15) is 0 Å². The largest absolute Gasteiger partial charge is 0.384 e. The van der Waals surface area contributed by atoms with Gasteiger partial charge in [0.25, 0.3) is 0 Å². The minimum atomic E-state index is 0.491. The minimum absolute atomic E-state index is 0.491. The third kappa shape index (κ3) is 0.839. The van der Waals surface area contributed by atoms with Gasteiger partial charge < -0.3 is 5.73 Å². The van der Waals surface area contributed by atoms with E-state index in [9.17, 15) is 0 Å². The Hall–Kier alpha value is -1.05. The average molecular weight is 188 g/mol. The van der Waals surface area contributed by atoms with Crippen molar-refractivity contribution in [3.05, 3.63) is 23.4 Å². The lowest BCUT2D eigenvalue weighted by Crippen LogP contribution is -2.48. The summed E-state index contributed by atoms with van der Waals surface area (Å²) in [6.45, 7) is 4.76. The van der Waals surface area contributed by atoms with Crippen molar-refractivity contribution in [1.82, 2.24) is 4.98 Å². The predicted molar refractivity (Wildman–Crippen MR) is 57.0 cm³/mol. The fraction of sp³-hybridized carbons (Fsp3) is 0.583. The van der Waals surface area contributed by atoms with Crippen molar-refractivity contribution in [3.63, 3.8) is 0 Å². The monoisotopic (exact) mass is 188 g/mol. The Kier molecular flexibility index (Phi) is 1.36. The molecule has 0 spiro atoms. The van der Waals surface area contributed by atoms with Crippen molar-refractivity contribution in [2.24, 2.45) is 11.3 Å². The maximum absolute atomic E-state index is 5.70. The standard InChI is InChI=1S/C12H16N2/c1-12(2)8-3-7-4-11(13)14-6-9(7)10(12)5-8/h4,6,8,10H,3,5H2,1-2H3,(H2,13,14)/t8-,10-/m1/s1. The van der Waals surface area contributed by atoms with E-state index >= 15 is 0 Å². The normalized spacial score (nSPS) is 31.9. The number of hydrogen-bond acceptors (Lipinski definition) is 2. The second-order valence-electron chi connectivity index (χ2n) is 5.32. The summed E-state index contributed by atoms with van der Waals surface area (Å²) in [5, 5.41) is 0. The highest BCUT2D eigenvalue weighted by Crippen LogP contribution is 2.61. The van der Waals surface area contributed by atoms with Gasteiger partial charge >= 0.3 is 0 Å². The first-order valence-corrected chi connectivity index (χ1v) is 5.33. The molecule has 4 rings (SSSR count). The molecule has 14 heavy (non-hydrogen) atoms. The molecule has 2 heteroatoms. The van der Waals surface area contributed by atoms with E-state index in [0.29, 0.717) is 11.2 Å². The second-order valence-corrected chi connectivity index (χ2v) is 5.32. The molecule has 2 atom stereocenters. The Balaban J connectivity index is 2.11. The molecule has 1 fully saturated rings. The van der Waals surface area contributed by atoms with Gasteiger partial charge in [0.1, 0.15) is 5.82 Å². The van der Waals surface area contributed by atoms with Gasteiger partial charge in [-0.25, -0.2) is 4.98 Å². The van der Waals surface area contributed by atoms with Crippen LogP contribution in [0, 0.1) is 11.3 Å². The highest BCUT2D eigenvalue weighted by atomic mass is 14.8. The van der Waals surface area contributed by atoms with Crippen LogP contribution in [0.5, 0.6) is 0 Å². The number of nitrogens with two attached hydrogens (primary N) is 1. The summed E-state index contributed by atoms with van der Waals surface area (Å²) in [7, 11) is 0. The van der Waals surface area contributed by atoms with E-state index in [2.05, 4.69) is 24.9 Å². The van der Waals surface area contributed by atoms with Crippen molar-refractivity contribution in [3.8, 4) is 0 Å². The van der Waals surface area contributed by atoms with E-state index in [4.69, 9.17) is 5.73 Å². The first kappa shape index (κ1) is 8.27. The van der Waals surface area contributed by atoms with Gasteiger partial charge in [0.05, 0.1) is 0 Å². The average Bonchev–Trinajstić information content (AvgIpc) is 2.16. The van der Waals surface area contributed by atoms with Crippen molar-refractivity contribution >= 4 is 5.82 Å². The maximum atomic E-state index is 5.70. The lowest BCUT2D eigenvalue weighted by Gasteiger charge is -2.57. The van der Waals surface area contributed by atoms with Crippen LogP contribution in [0.2, 0.25) is 0 Å². The van der Waals surface area contributed by atoms with Crippen LogP contribution in [-0.4, -0.2) is 4.98 Å². The fourth-order valence-corrected chi connectivity index (χ4v) is 3.17. The molecule has 0 amide bonds. The lowest BCUT2D eigenvalue weighted by atomic mass is 9.48. The van der Waals surface area contributed by atoms with Gasteiger partial charge in [0.2, 0.25) is 0 Å². The smallest absolute Gasteiger partial charge is 0.123 e. The molecule has 74 valence electrons. The van der Waals surface area contributed by atoms with Gasteiger partial charge in [0.15, 0.2) is 0 Å². The van der Waals surface area contributed by atoms with E-state index < -0.39 is 0 Å². The van der Waals surface area contributed by atoms with Crippen molar-refractivity contribution in [2.45, 2.75) is 32.6 Å². The molecule has 0 radical (unpaired) electrons. The van der Waals surface area contributed by atoms with E-state index in [-0.39, 0.29) is 0 Å². The second kappa shape index (κ2) is 2.30. The molecule has 3 aliphatic carbocycles. The molecular weight excluding hydrogens is 172 g/mol. The molecular formula is C12H16N2. The first-order chi connectivity index (χ1) is 6.59. The summed E-state index contributed by atoms with van der Waals surface area (Å²) in [4.78, 5) is 4.21. The third-order valence-electron chi connectivity index (χ3n) is 4.36. The van der Waals surface area contributed by atoms with E-state index in [1.165, 1.54) is 24.0 Å². The molecule has 3 aliphatic rings. The van der Waals surface area contributed by atoms with Crippen LogP contribution in [-0.2, 0) is 6.42 Å². The van der Waals surface area contributed by atoms with E-state index in [1.807, 2.05) is 6.20 Å². The minimum Gasteiger partial charge on any atom is -0.384 e. The summed E-state index contributed by atoms with van der Waals surface area (Å²) in [6.07, 6.45) is 4.55. The number of anilines is 1. The highest BCUT2D eigenvalue weighted by Gasteiger charge is 2.52. The van der Waals surface area contributed by atoms with Crippen LogP contribution in [0.4, 0.5) is 5.82 Å². The number of nitrogen functional groups attached to an aromatic ring is 1. The molecule has 0 aliphatic heterocycles. The fourth-order valence-electron chi connectivity index (χ4n) is 3.17. The maximum Gasteiger partial charge on any atom is 0.123 e. The molecule has 0 saturated heterocycles. The van der Waals surface area contributed by atoms with Gasteiger partial charge in [-0.05, 0) is 47.3 Å². The van der Waals surface area contributed by atoms with Crippen LogP contribution < -0.4 is 5.73 Å². The van der Waals surface area contributed by atoms with Crippen LogP contribution in [0.15, 0.2) is 12.3 Å².